The zero-order valence-electron chi connectivity index (χ0n) is 17.5. The molecule has 2 fully saturated rings. The molecule has 0 aromatic heterocycles. The molecule has 3 atom stereocenters. The number of piperidine rings is 2. The van der Waals surface area contributed by atoms with Gasteiger partial charge in [0.2, 0.25) is 0 Å². The molecule has 4 rings (SSSR count). The third-order valence-electron chi connectivity index (χ3n) is 6.68. The Morgan fingerprint density at radius 1 is 1.06 bits per heavy atom. The van der Waals surface area contributed by atoms with Gasteiger partial charge in [-0.25, -0.2) is 4.39 Å². The van der Waals surface area contributed by atoms with E-state index in [1.54, 1.807) is 0 Å². The van der Waals surface area contributed by atoms with E-state index in [0.29, 0.717) is 18.5 Å². The second kappa shape index (κ2) is 9.40. The summed E-state index contributed by atoms with van der Waals surface area (Å²) in [4.78, 5) is 15.1. The van der Waals surface area contributed by atoms with E-state index < -0.39 is 22.7 Å². The van der Waals surface area contributed by atoms with E-state index >= 15 is 0 Å². The van der Waals surface area contributed by atoms with Crippen LogP contribution in [-0.2, 0) is 6.18 Å². The van der Waals surface area contributed by atoms with Crippen molar-refractivity contribution < 1.29 is 22.4 Å². The van der Waals surface area contributed by atoms with Crippen LogP contribution in [0.1, 0.15) is 59.5 Å². The van der Waals surface area contributed by atoms with E-state index in [4.69, 9.17) is 11.6 Å². The maximum absolute atomic E-state index is 13.4. The molecule has 1 amide bonds. The van der Waals surface area contributed by atoms with Crippen LogP contribution in [-0.4, -0.2) is 36.0 Å². The van der Waals surface area contributed by atoms with Crippen LogP contribution in [0.3, 0.4) is 0 Å². The monoisotopic (exact) mass is 468 g/mol. The number of benzene rings is 2. The minimum Gasteiger partial charge on any atom is -0.350 e. The van der Waals surface area contributed by atoms with Gasteiger partial charge in [0.05, 0.1) is 16.1 Å². The van der Waals surface area contributed by atoms with Crippen LogP contribution in [0.15, 0.2) is 42.5 Å². The molecule has 0 aliphatic carbocycles. The Balaban J connectivity index is 1.45. The molecule has 32 heavy (non-hydrogen) atoms. The van der Waals surface area contributed by atoms with Gasteiger partial charge in [-0.3, -0.25) is 9.69 Å². The minimum absolute atomic E-state index is 0.102. The number of nitrogens with one attached hydrogen (secondary N) is 1. The quantitative estimate of drug-likeness (QED) is 0.556. The van der Waals surface area contributed by atoms with Gasteiger partial charge < -0.3 is 5.32 Å². The van der Waals surface area contributed by atoms with Crippen LogP contribution in [0, 0.1) is 5.82 Å². The number of alkyl halides is 3. The molecule has 1 N–H and O–H groups in total. The summed E-state index contributed by atoms with van der Waals surface area (Å²) in [6.07, 6.45) is 0.361. The van der Waals surface area contributed by atoms with Crippen molar-refractivity contribution in [1.82, 2.24) is 10.2 Å². The van der Waals surface area contributed by atoms with Crippen molar-refractivity contribution in [2.24, 2.45) is 0 Å². The number of rotatable bonds is 4. The molecule has 0 saturated carbocycles. The van der Waals surface area contributed by atoms with Crippen LogP contribution in [0.5, 0.6) is 0 Å². The number of hydrogen-bond donors (Lipinski definition) is 1. The van der Waals surface area contributed by atoms with Gasteiger partial charge in [0.15, 0.2) is 0 Å². The Kier molecular flexibility index (Phi) is 6.77. The molecule has 3 nitrogen and oxygen atoms in total. The average molecular weight is 469 g/mol. The van der Waals surface area contributed by atoms with Crippen molar-refractivity contribution in [3.63, 3.8) is 0 Å². The topological polar surface area (TPSA) is 32.3 Å². The van der Waals surface area contributed by atoms with Crippen molar-refractivity contribution >= 4 is 17.5 Å². The largest absolute Gasteiger partial charge is 0.417 e. The van der Waals surface area contributed by atoms with E-state index in [-0.39, 0.29) is 17.4 Å². The minimum atomic E-state index is -4.62. The third kappa shape index (κ3) is 4.79. The van der Waals surface area contributed by atoms with Crippen LogP contribution < -0.4 is 5.32 Å². The van der Waals surface area contributed by atoms with Gasteiger partial charge in [-0.05, 0) is 68.0 Å². The Bertz CT molecular complexity index is 963. The maximum Gasteiger partial charge on any atom is 0.417 e. The van der Waals surface area contributed by atoms with Crippen molar-refractivity contribution in [3.05, 3.63) is 70.0 Å². The Labute approximate surface area is 189 Å². The van der Waals surface area contributed by atoms with Gasteiger partial charge in [-0.15, -0.1) is 0 Å². The summed E-state index contributed by atoms with van der Waals surface area (Å²) in [7, 11) is 0. The highest BCUT2D eigenvalue weighted by atomic mass is 35.5. The first-order valence-electron chi connectivity index (χ1n) is 10.9. The summed E-state index contributed by atoms with van der Waals surface area (Å²) in [5, 5.41) is 2.23. The number of hydrogen-bond acceptors (Lipinski definition) is 2. The molecule has 0 radical (unpaired) electrons. The van der Waals surface area contributed by atoms with Crippen LogP contribution in [0.2, 0.25) is 5.02 Å². The fourth-order valence-electron chi connectivity index (χ4n) is 5.15. The second-order valence-electron chi connectivity index (χ2n) is 8.57. The van der Waals surface area contributed by atoms with Gasteiger partial charge in [-0.2, -0.15) is 13.2 Å². The molecule has 0 bridgehead atoms. The third-order valence-corrected chi connectivity index (χ3v) is 7.09. The molecule has 2 heterocycles. The van der Waals surface area contributed by atoms with Crippen molar-refractivity contribution in [3.8, 4) is 0 Å². The van der Waals surface area contributed by atoms with Gasteiger partial charge in [-0.1, -0.05) is 36.2 Å². The van der Waals surface area contributed by atoms with E-state index in [0.717, 1.165) is 50.3 Å². The Hall–Kier alpha value is -2.12. The molecular formula is C24H25ClF4N2O. The number of carbonyl (C=O) groups excluding carboxylic acids is 1. The first-order valence-corrected chi connectivity index (χ1v) is 11.3. The zero-order valence-corrected chi connectivity index (χ0v) is 18.2. The molecule has 2 aliphatic heterocycles. The normalized spacial score (nSPS) is 24.1. The van der Waals surface area contributed by atoms with Crippen LogP contribution in [0.4, 0.5) is 17.6 Å². The lowest BCUT2D eigenvalue weighted by Crippen LogP contribution is -2.55. The lowest BCUT2D eigenvalue weighted by molar-refractivity contribution is -0.137. The number of amides is 1. The standard InChI is InChI=1S/C24H25ClF4N2O/c25-22-19(4-3-5-20(22)24(27,28)29)23(32)30-14-17-11-12-18(15-7-9-16(26)10-8-15)21-6-1-2-13-31(17)21/h3-5,7-10,17-18,21H,1-2,6,11-14H2,(H,30,32). The first-order chi connectivity index (χ1) is 15.3. The molecule has 3 unspecified atom stereocenters. The van der Waals surface area contributed by atoms with E-state index in [9.17, 15) is 22.4 Å². The summed E-state index contributed by atoms with van der Waals surface area (Å²) >= 11 is 5.90. The lowest BCUT2D eigenvalue weighted by Gasteiger charge is -2.49. The first kappa shape index (κ1) is 23.1. The average Bonchev–Trinajstić information content (AvgIpc) is 2.77. The van der Waals surface area contributed by atoms with Gasteiger partial charge in [0, 0.05) is 18.6 Å². The predicted octanol–water partition coefficient (Wildman–Crippen LogP) is 6.03. The molecule has 2 aromatic carbocycles. The molecule has 2 saturated heterocycles. The molecule has 0 spiro atoms. The maximum atomic E-state index is 13.4. The Morgan fingerprint density at radius 3 is 2.53 bits per heavy atom. The highest BCUT2D eigenvalue weighted by Crippen LogP contribution is 2.40. The van der Waals surface area contributed by atoms with Crippen LogP contribution in [0.25, 0.3) is 0 Å². The Morgan fingerprint density at radius 2 is 1.81 bits per heavy atom. The fraction of sp³-hybridized carbons (Fsp3) is 0.458. The lowest BCUT2D eigenvalue weighted by atomic mass is 9.77. The number of fused-ring (bicyclic) bond motifs is 1. The highest BCUT2D eigenvalue weighted by molar-refractivity contribution is 6.34. The number of nitrogens with zero attached hydrogens (tertiary/aromatic N) is 1. The predicted molar refractivity (Wildman–Crippen MR) is 115 cm³/mol. The van der Waals surface area contributed by atoms with E-state index in [1.165, 1.54) is 24.3 Å². The summed E-state index contributed by atoms with van der Waals surface area (Å²) in [5.74, 6) is -0.546. The molecule has 2 aromatic rings. The molecule has 172 valence electrons. The van der Waals surface area contributed by atoms with Gasteiger partial charge >= 0.3 is 6.18 Å². The van der Waals surface area contributed by atoms with Gasteiger partial charge in [0.25, 0.3) is 5.91 Å². The molecular weight excluding hydrogens is 444 g/mol. The van der Waals surface area contributed by atoms with Crippen molar-refractivity contribution in [1.29, 1.82) is 0 Å². The fourth-order valence-corrected chi connectivity index (χ4v) is 5.46. The van der Waals surface area contributed by atoms with Crippen LogP contribution >= 0.6 is 11.6 Å². The summed E-state index contributed by atoms with van der Waals surface area (Å²) in [6, 6.07) is 10.5. The summed E-state index contributed by atoms with van der Waals surface area (Å²) < 4.78 is 52.7. The summed E-state index contributed by atoms with van der Waals surface area (Å²) in [6.45, 7) is 1.26. The van der Waals surface area contributed by atoms with E-state index in [2.05, 4.69) is 10.2 Å². The summed E-state index contributed by atoms with van der Waals surface area (Å²) in [5.41, 5.74) is -0.0547. The number of carbonyl (C=O) groups is 1. The SMILES string of the molecule is O=C(NCC1CCC(c2ccc(F)cc2)C2CCCCN12)c1cccc(C(F)(F)F)c1Cl. The van der Waals surface area contributed by atoms with E-state index in [1.807, 2.05) is 12.1 Å². The van der Waals surface area contributed by atoms with Gasteiger partial charge in [0.1, 0.15) is 5.82 Å². The molecule has 2 aliphatic rings. The smallest absolute Gasteiger partial charge is 0.350 e. The highest BCUT2D eigenvalue weighted by Gasteiger charge is 2.39. The van der Waals surface area contributed by atoms with Crippen molar-refractivity contribution in [2.75, 3.05) is 13.1 Å². The molecule has 8 heteroatoms. The van der Waals surface area contributed by atoms with Crippen molar-refractivity contribution in [2.45, 2.75) is 56.3 Å². The zero-order chi connectivity index (χ0) is 22.9. The second-order valence-corrected chi connectivity index (χ2v) is 8.94. The number of halogens is 5.